The molecular formula is C20H18BrN3O4S. The van der Waals surface area contributed by atoms with E-state index in [9.17, 15) is 14.9 Å². The topological polar surface area (TPSA) is 93.8 Å². The monoisotopic (exact) mass is 475 g/mol. The summed E-state index contributed by atoms with van der Waals surface area (Å²) in [6.45, 7) is 3.51. The number of thiophene rings is 1. The van der Waals surface area contributed by atoms with Gasteiger partial charge in [-0.1, -0.05) is 37.3 Å². The van der Waals surface area contributed by atoms with E-state index in [1.807, 2.05) is 43.3 Å². The number of aryl methyl sites for hydroxylation is 1. The first-order chi connectivity index (χ1) is 13.9. The van der Waals surface area contributed by atoms with Crippen LogP contribution in [-0.2, 0) is 4.79 Å². The minimum atomic E-state index is -0.732. The number of benzene rings is 2. The Hall–Kier alpha value is -2.78. The molecule has 2 aromatic carbocycles. The molecule has 3 rings (SSSR count). The van der Waals surface area contributed by atoms with Crippen LogP contribution in [0.5, 0.6) is 5.75 Å². The highest BCUT2D eigenvalue weighted by molar-refractivity contribution is 9.10. The number of nitrogens with zero attached hydrogens (tertiary/aromatic N) is 2. The van der Waals surface area contributed by atoms with E-state index in [1.54, 1.807) is 6.92 Å². The van der Waals surface area contributed by atoms with Gasteiger partial charge in [0.25, 0.3) is 11.6 Å². The van der Waals surface area contributed by atoms with E-state index < -0.39 is 16.9 Å². The Kier molecular flexibility index (Phi) is 6.60. The van der Waals surface area contributed by atoms with Gasteiger partial charge < -0.3 is 4.74 Å². The summed E-state index contributed by atoms with van der Waals surface area (Å²) in [4.78, 5) is 24.1. The molecule has 1 unspecified atom stereocenters. The Labute approximate surface area is 179 Å². The van der Waals surface area contributed by atoms with Crippen molar-refractivity contribution in [1.82, 2.24) is 5.43 Å². The molecule has 0 saturated heterocycles. The molecule has 3 aromatic rings. The van der Waals surface area contributed by atoms with Gasteiger partial charge in [0.15, 0.2) is 6.10 Å². The van der Waals surface area contributed by atoms with E-state index in [4.69, 9.17) is 4.74 Å². The largest absolute Gasteiger partial charge is 0.479 e. The van der Waals surface area contributed by atoms with Crippen molar-refractivity contribution in [3.63, 3.8) is 0 Å². The zero-order valence-electron chi connectivity index (χ0n) is 15.7. The van der Waals surface area contributed by atoms with Gasteiger partial charge in [-0.2, -0.15) is 5.10 Å². The van der Waals surface area contributed by atoms with Gasteiger partial charge in [0.2, 0.25) is 0 Å². The van der Waals surface area contributed by atoms with Crippen molar-refractivity contribution in [1.29, 1.82) is 0 Å². The predicted molar refractivity (Wildman–Crippen MR) is 118 cm³/mol. The van der Waals surface area contributed by atoms with Gasteiger partial charge in [-0.25, -0.2) is 5.43 Å². The lowest BCUT2D eigenvalue weighted by atomic mass is 10.1. The lowest BCUT2D eigenvalue weighted by Crippen LogP contribution is -2.35. The SMILES string of the molecule is CCC(Oc1ccc2ccccc2c1Br)C(=O)N/N=C/c1cc([N+](=O)[O-])c(C)s1. The lowest BCUT2D eigenvalue weighted by Gasteiger charge is -2.17. The molecule has 0 fully saturated rings. The summed E-state index contributed by atoms with van der Waals surface area (Å²) in [6, 6.07) is 13.0. The first-order valence-corrected chi connectivity index (χ1v) is 10.4. The van der Waals surface area contributed by atoms with Gasteiger partial charge >= 0.3 is 0 Å². The maximum atomic E-state index is 12.5. The van der Waals surface area contributed by atoms with Crippen LogP contribution in [0.15, 0.2) is 52.0 Å². The average Bonchev–Trinajstić information content (AvgIpc) is 3.08. The van der Waals surface area contributed by atoms with Crippen LogP contribution < -0.4 is 10.2 Å². The molecule has 29 heavy (non-hydrogen) atoms. The summed E-state index contributed by atoms with van der Waals surface area (Å²) < 4.78 is 6.69. The minimum absolute atomic E-state index is 0.0405. The maximum Gasteiger partial charge on any atom is 0.283 e. The van der Waals surface area contributed by atoms with Crippen molar-refractivity contribution in [3.8, 4) is 5.75 Å². The fourth-order valence-electron chi connectivity index (χ4n) is 2.75. The smallest absolute Gasteiger partial charge is 0.283 e. The Morgan fingerprint density at radius 3 is 2.83 bits per heavy atom. The molecular weight excluding hydrogens is 458 g/mol. The number of nitro groups is 1. The molecule has 150 valence electrons. The number of rotatable bonds is 7. The summed E-state index contributed by atoms with van der Waals surface area (Å²) in [5.41, 5.74) is 2.48. The molecule has 1 N–H and O–H groups in total. The molecule has 1 heterocycles. The van der Waals surface area contributed by atoms with Crippen LogP contribution in [0.25, 0.3) is 10.8 Å². The van der Waals surface area contributed by atoms with Crippen molar-refractivity contribution in [2.75, 3.05) is 0 Å². The number of fused-ring (bicyclic) bond motifs is 1. The summed E-state index contributed by atoms with van der Waals surface area (Å²) >= 11 is 4.79. The third-order valence-electron chi connectivity index (χ3n) is 4.23. The number of hydrogen-bond acceptors (Lipinski definition) is 6. The molecule has 0 spiro atoms. The van der Waals surface area contributed by atoms with Gasteiger partial charge in [-0.3, -0.25) is 14.9 Å². The molecule has 0 radical (unpaired) electrons. The second-order valence-electron chi connectivity index (χ2n) is 6.20. The highest BCUT2D eigenvalue weighted by atomic mass is 79.9. The van der Waals surface area contributed by atoms with Gasteiger partial charge in [0, 0.05) is 6.07 Å². The lowest BCUT2D eigenvalue weighted by molar-refractivity contribution is -0.385. The molecule has 0 aliphatic heterocycles. The standard InChI is InChI=1S/C20H18BrN3O4S/c1-3-17(28-18-9-8-13-6-4-5-7-15(13)19(18)21)20(25)23-22-11-14-10-16(24(26)27)12(2)29-14/h4-11,17H,3H2,1-2H3,(H,23,25)/b22-11+. The average molecular weight is 476 g/mol. The second-order valence-corrected chi connectivity index (χ2v) is 8.28. The third-order valence-corrected chi connectivity index (χ3v) is 6.03. The van der Waals surface area contributed by atoms with Crippen molar-refractivity contribution in [3.05, 3.63) is 66.8 Å². The van der Waals surface area contributed by atoms with Gasteiger partial charge in [-0.15, -0.1) is 11.3 Å². The van der Waals surface area contributed by atoms with Crippen molar-refractivity contribution in [2.45, 2.75) is 26.4 Å². The van der Waals surface area contributed by atoms with Gasteiger partial charge in [-0.05, 0) is 46.1 Å². The quantitative estimate of drug-likeness (QED) is 0.289. The third kappa shape index (κ3) is 4.80. The van der Waals surface area contributed by atoms with E-state index in [-0.39, 0.29) is 5.69 Å². The number of halogens is 1. The zero-order chi connectivity index (χ0) is 21.0. The fourth-order valence-corrected chi connectivity index (χ4v) is 4.21. The maximum absolute atomic E-state index is 12.5. The highest BCUT2D eigenvalue weighted by Gasteiger charge is 2.20. The van der Waals surface area contributed by atoms with E-state index >= 15 is 0 Å². The second kappa shape index (κ2) is 9.15. The zero-order valence-corrected chi connectivity index (χ0v) is 18.1. The van der Waals surface area contributed by atoms with Crippen LogP contribution >= 0.6 is 27.3 Å². The predicted octanol–water partition coefficient (Wildman–Crippen LogP) is 5.19. The Bertz CT molecular complexity index is 1100. The van der Waals surface area contributed by atoms with Crippen LogP contribution in [0, 0.1) is 17.0 Å². The number of ether oxygens (including phenoxy) is 1. The summed E-state index contributed by atoms with van der Waals surface area (Å²) in [5, 5.41) is 16.9. The Morgan fingerprint density at radius 1 is 1.38 bits per heavy atom. The Balaban J connectivity index is 1.69. The van der Waals surface area contributed by atoms with Crippen LogP contribution in [0.4, 0.5) is 5.69 Å². The van der Waals surface area contributed by atoms with E-state index in [0.29, 0.717) is 21.9 Å². The Morgan fingerprint density at radius 2 is 2.14 bits per heavy atom. The van der Waals surface area contributed by atoms with Gasteiger partial charge in [0.1, 0.15) is 5.75 Å². The van der Waals surface area contributed by atoms with Crippen LogP contribution in [0.2, 0.25) is 0 Å². The van der Waals surface area contributed by atoms with E-state index in [1.165, 1.54) is 23.6 Å². The van der Waals surface area contributed by atoms with Crippen molar-refractivity contribution >= 4 is 55.8 Å². The highest BCUT2D eigenvalue weighted by Crippen LogP contribution is 2.34. The molecule has 1 amide bonds. The number of amides is 1. The molecule has 7 nitrogen and oxygen atoms in total. The van der Waals surface area contributed by atoms with E-state index in [2.05, 4.69) is 26.5 Å². The van der Waals surface area contributed by atoms with Crippen molar-refractivity contribution in [2.24, 2.45) is 5.10 Å². The summed E-state index contributed by atoms with van der Waals surface area (Å²) in [6.07, 6.45) is 1.11. The fraction of sp³-hybridized carbons (Fsp3) is 0.200. The molecule has 0 saturated carbocycles. The summed E-state index contributed by atoms with van der Waals surface area (Å²) in [7, 11) is 0. The van der Waals surface area contributed by atoms with E-state index in [0.717, 1.165) is 15.2 Å². The normalized spacial score (nSPS) is 12.2. The van der Waals surface area contributed by atoms with Crippen LogP contribution in [0.1, 0.15) is 23.1 Å². The molecule has 1 aromatic heterocycles. The van der Waals surface area contributed by atoms with Gasteiger partial charge in [0.05, 0.1) is 25.4 Å². The van der Waals surface area contributed by atoms with Crippen LogP contribution in [-0.4, -0.2) is 23.1 Å². The van der Waals surface area contributed by atoms with Crippen molar-refractivity contribution < 1.29 is 14.5 Å². The van der Waals surface area contributed by atoms with Crippen LogP contribution in [0.3, 0.4) is 0 Å². The minimum Gasteiger partial charge on any atom is -0.479 e. The number of hydrazone groups is 1. The molecule has 9 heteroatoms. The molecule has 0 aliphatic carbocycles. The molecule has 1 atom stereocenters. The number of hydrogen-bond donors (Lipinski definition) is 1. The number of carbonyl (C=O) groups is 1. The first-order valence-electron chi connectivity index (χ1n) is 8.82. The first kappa shape index (κ1) is 20.9. The summed E-state index contributed by atoms with van der Waals surface area (Å²) in [5.74, 6) is 0.172. The molecule has 0 aliphatic rings. The number of nitrogens with one attached hydrogen (secondary N) is 1. The number of carbonyl (C=O) groups excluding carboxylic acids is 1. The molecule has 0 bridgehead atoms.